The smallest absolute Gasteiger partial charge is 0.328 e. The lowest BCUT2D eigenvalue weighted by molar-refractivity contribution is -0.142. The van der Waals surface area contributed by atoms with Crippen LogP contribution < -0.4 is 5.32 Å². The third kappa shape index (κ3) is 7.98. The molecule has 5 aromatic carbocycles. The van der Waals surface area contributed by atoms with Crippen molar-refractivity contribution in [2.75, 3.05) is 19.1 Å². The van der Waals surface area contributed by atoms with Gasteiger partial charge in [-0.05, 0) is 63.9 Å². The van der Waals surface area contributed by atoms with Gasteiger partial charge in [-0.3, -0.25) is 4.79 Å². The summed E-state index contributed by atoms with van der Waals surface area (Å²) in [5.74, 6) is 0.611. The number of carbonyl (C=O) groups is 2. The lowest BCUT2D eigenvalue weighted by Gasteiger charge is -2.42. The number of carbonyl (C=O) groups excluding carboxylic acids is 2. The molecule has 51 heavy (non-hydrogen) atoms. The molecule has 0 fully saturated rings. The second kappa shape index (κ2) is 17.2. The van der Waals surface area contributed by atoms with E-state index in [0.29, 0.717) is 17.7 Å². The largest absolute Gasteiger partial charge is 0.467 e. The Kier molecular flexibility index (Phi) is 12.1. The van der Waals surface area contributed by atoms with Crippen LogP contribution in [-0.2, 0) is 20.7 Å². The lowest BCUT2D eigenvalue weighted by atomic mass is 9.66. The molecule has 8 heteroatoms. The summed E-state index contributed by atoms with van der Waals surface area (Å²) in [5.41, 5.74) is 7.25. The van der Waals surface area contributed by atoms with Crippen molar-refractivity contribution in [1.82, 2.24) is 15.3 Å². The fourth-order valence-corrected chi connectivity index (χ4v) is 8.67. The Bertz CT molecular complexity index is 1890. The maximum atomic E-state index is 13.8. The first-order valence-corrected chi connectivity index (χ1v) is 19.3. The lowest BCUT2D eigenvalue weighted by Crippen LogP contribution is -2.42. The Morgan fingerprint density at radius 3 is 1.88 bits per heavy atom. The van der Waals surface area contributed by atoms with Gasteiger partial charge in [0.15, 0.2) is 0 Å². The number of aromatic nitrogens is 2. The molecule has 0 saturated heterocycles. The maximum absolute atomic E-state index is 13.8. The van der Waals surface area contributed by atoms with E-state index in [1.807, 2.05) is 66.7 Å². The zero-order chi connectivity index (χ0) is 35.5. The molecule has 6 rings (SSSR count). The van der Waals surface area contributed by atoms with E-state index >= 15 is 0 Å². The molecular formula is C43H41N3O3S2. The van der Waals surface area contributed by atoms with E-state index in [1.54, 1.807) is 18.1 Å². The first-order chi connectivity index (χ1) is 25.1. The van der Waals surface area contributed by atoms with Crippen molar-refractivity contribution < 1.29 is 14.3 Å². The van der Waals surface area contributed by atoms with Crippen LogP contribution in [0, 0.1) is 0 Å². The number of rotatable bonds is 15. The minimum atomic E-state index is -0.731. The van der Waals surface area contributed by atoms with Crippen LogP contribution in [0.15, 0.2) is 152 Å². The molecule has 0 saturated carbocycles. The summed E-state index contributed by atoms with van der Waals surface area (Å²) in [7, 11) is 1.35. The fourth-order valence-electron chi connectivity index (χ4n) is 6.69. The predicted molar refractivity (Wildman–Crippen MR) is 210 cm³/mol. The van der Waals surface area contributed by atoms with E-state index in [0.717, 1.165) is 28.1 Å². The van der Waals surface area contributed by atoms with Gasteiger partial charge in [0.05, 0.1) is 24.1 Å². The fraction of sp³-hybridized carbons (Fsp3) is 0.186. The molecule has 0 aliphatic heterocycles. The van der Waals surface area contributed by atoms with E-state index in [1.165, 1.54) is 23.8 Å². The summed E-state index contributed by atoms with van der Waals surface area (Å²) in [6.45, 7) is 0. The summed E-state index contributed by atoms with van der Waals surface area (Å²) >= 11 is 3.45. The van der Waals surface area contributed by atoms with Crippen LogP contribution in [0.1, 0.15) is 50.0 Å². The Morgan fingerprint density at radius 1 is 0.804 bits per heavy atom. The topological polar surface area (TPSA) is 84.1 Å². The number of imidazole rings is 1. The van der Waals surface area contributed by atoms with E-state index < -0.39 is 17.4 Å². The van der Waals surface area contributed by atoms with Crippen LogP contribution in [0.25, 0.3) is 11.1 Å². The van der Waals surface area contributed by atoms with Crippen molar-refractivity contribution in [2.45, 2.75) is 28.9 Å². The summed E-state index contributed by atoms with van der Waals surface area (Å²) in [6, 6.07) is 47.3. The van der Waals surface area contributed by atoms with Gasteiger partial charge >= 0.3 is 5.97 Å². The van der Waals surface area contributed by atoms with Crippen LogP contribution in [0.4, 0.5) is 0 Å². The van der Waals surface area contributed by atoms with Gasteiger partial charge in [0.25, 0.3) is 5.91 Å². The van der Waals surface area contributed by atoms with Gasteiger partial charge in [-0.2, -0.15) is 11.8 Å². The zero-order valence-electron chi connectivity index (χ0n) is 28.7. The van der Waals surface area contributed by atoms with Crippen LogP contribution in [0.3, 0.4) is 0 Å². The van der Waals surface area contributed by atoms with Crippen molar-refractivity contribution in [3.63, 3.8) is 0 Å². The van der Waals surface area contributed by atoms with Gasteiger partial charge in [0, 0.05) is 23.2 Å². The van der Waals surface area contributed by atoms with Crippen molar-refractivity contribution in [3.05, 3.63) is 186 Å². The number of aromatic amines is 1. The Morgan fingerprint density at radius 2 is 1.37 bits per heavy atom. The van der Waals surface area contributed by atoms with E-state index in [4.69, 9.17) is 4.74 Å². The minimum Gasteiger partial charge on any atom is -0.467 e. The van der Waals surface area contributed by atoms with E-state index in [2.05, 4.69) is 112 Å². The second-order valence-corrected chi connectivity index (χ2v) is 14.3. The Hall–Kier alpha value is -5.05. The molecule has 1 amide bonds. The number of methoxy groups -OCH3 is 1. The molecule has 0 aliphatic carbocycles. The van der Waals surface area contributed by atoms with Gasteiger partial charge in [-0.1, -0.05) is 127 Å². The molecule has 2 atom stereocenters. The van der Waals surface area contributed by atoms with Crippen LogP contribution in [0.5, 0.6) is 0 Å². The van der Waals surface area contributed by atoms with E-state index in [9.17, 15) is 9.59 Å². The van der Waals surface area contributed by atoms with Gasteiger partial charge < -0.3 is 15.0 Å². The highest BCUT2D eigenvalue weighted by Gasteiger charge is 2.45. The molecule has 0 bridgehead atoms. The normalized spacial score (nSPS) is 12.5. The standard InChI is InChI=1S/C43H41N3O3S2/c1-49-42(48)38(25-26-50-2)46-41(47)36-24-23-31(27-37(36)32-15-7-3-8-16-32)29-51-40(39-28-44-30-45-39)43(33-17-9-4-10-18-33,34-19-11-5-12-20-34)35-21-13-6-14-22-35/h3-24,27-28,30,38,40H,25-26,29H2,1-2H3,(H,44,45)(H,46,47)/t38-,40?/m0/s1. The van der Waals surface area contributed by atoms with Crippen molar-refractivity contribution in [1.29, 1.82) is 0 Å². The van der Waals surface area contributed by atoms with Crippen LogP contribution in [0.2, 0.25) is 0 Å². The number of hydrogen-bond acceptors (Lipinski definition) is 6. The zero-order valence-corrected chi connectivity index (χ0v) is 30.3. The summed E-state index contributed by atoms with van der Waals surface area (Å²) in [4.78, 5) is 34.4. The minimum absolute atomic E-state index is 0.118. The molecule has 6 aromatic rings. The number of hydrogen-bond donors (Lipinski definition) is 2. The molecule has 0 spiro atoms. The SMILES string of the molecule is COC(=O)[C@H](CCSC)NC(=O)c1ccc(CSC(c2cnc[nH]2)C(c2ccccc2)(c2ccccc2)c2ccccc2)cc1-c1ccccc1. The number of benzene rings is 5. The van der Waals surface area contributed by atoms with Crippen molar-refractivity contribution in [2.24, 2.45) is 0 Å². The average molecular weight is 712 g/mol. The summed E-state index contributed by atoms with van der Waals surface area (Å²) < 4.78 is 5.02. The third-order valence-electron chi connectivity index (χ3n) is 9.11. The average Bonchev–Trinajstić information content (AvgIpc) is 3.74. The second-order valence-electron chi connectivity index (χ2n) is 12.2. The van der Waals surface area contributed by atoms with Crippen molar-refractivity contribution in [3.8, 4) is 11.1 Å². The highest BCUT2D eigenvalue weighted by Crippen LogP contribution is 2.54. The maximum Gasteiger partial charge on any atom is 0.328 e. The Balaban J connectivity index is 1.43. The van der Waals surface area contributed by atoms with Gasteiger partial charge in [-0.15, -0.1) is 11.8 Å². The van der Waals surface area contributed by atoms with Crippen LogP contribution in [-0.4, -0.2) is 47.0 Å². The molecule has 6 nitrogen and oxygen atoms in total. The molecule has 258 valence electrons. The summed E-state index contributed by atoms with van der Waals surface area (Å²) in [6.07, 6.45) is 6.13. The highest BCUT2D eigenvalue weighted by molar-refractivity contribution is 7.99. The quantitative estimate of drug-likeness (QED) is 0.0817. The number of nitrogens with one attached hydrogen (secondary N) is 2. The molecule has 1 unspecified atom stereocenters. The van der Waals surface area contributed by atoms with Crippen LogP contribution >= 0.6 is 23.5 Å². The monoisotopic (exact) mass is 711 g/mol. The number of nitrogens with zero attached hydrogens (tertiary/aromatic N) is 1. The van der Waals surface area contributed by atoms with Gasteiger partial charge in [0.1, 0.15) is 6.04 Å². The third-order valence-corrected chi connectivity index (χ3v) is 11.2. The molecule has 0 radical (unpaired) electrons. The first kappa shape index (κ1) is 35.8. The number of ether oxygens (including phenoxy) is 1. The number of H-pyrrole nitrogens is 1. The van der Waals surface area contributed by atoms with Gasteiger partial charge in [-0.25, -0.2) is 9.78 Å². The molecule has 1 aromatic heterocycles. The Labute approximate surface area is 308 Å². The molecular weight excluding hydrogens is 671 g/mol. The van der Waals surface area contributed by atoms with Crippen molar-refractivity contribution >= 4 is 35.4 Å². The number of esters is 1. The number of thioether (sulfide) groups is 2. The first-order valence-electron chi connectivity index (χ1n) is 16.9. The molecule has 2 N–H and O–H groups in total. The number of amides is 1. The molecule has 1 heterocycles. The highest BCUT2D eigenvalue weighted by atomic mass is 32.2. The molecule has 0 aliphatic rings. The van der Waals surface area contributed by atoms with Gasteiger partial charge in [0.2, 0.25) is 0 Å². The summed E-state index contributed by atoms with van der Waals surface area (Å²) in [5, 5.41) is 2.83. The van der Waals surface area contributed by atoms with E-state index in [-0.39, 0.29) is 11.2 Å². The predicted octanol–water partition coefficient (Wildman–Crippen LogP) is 9.11.